The van der Waals surface area contributed by atoms with E-state index in [2.05, 4.69) is 0 Å². The summed E-state index contributed by atoms with van der Waals surface area (Å²) in [4.78, 5) is 87.5. The maximum absolute atomic E-state index is 14.2. The lowest BCUT2D eigenvalue weighted by Gasteiger charge is -2.35. The molecule has 13 nitrogen and oxygen atoms in total. The summed E-state index contributed by atoms with van der Waals surface area (Å²) in [6.07, 6.45) is 1.12. The van der Waals surface area contributed by atoms with E-state index in [1.54, 1.807) is 58.3 Å². The van der Waals surface area contributed by atoms with Gasteiger partial charge in [0.2, 0.25) is 11.8 Å². The second-order valence-corrected chi connectivity index (χ2v) is 13.2. The van der Waals surface area contributed by atoms with E-state index in [9.17, 15) is 28.8 Å². The summed E-state index contributed by atoms with van der Waals surface area (Å²) in [6, 6.07) is 11.1. The van der Waals surface area contributed by atoms with Crippen LogP contribution in [0.15, 0.2) is 48.5 Å². The zero-order chi connectivity index (χ0) is 36.7. The average Bonchev–Trinajstić information content (AvgIpc) is 3.53. The van der Waals surface area contributed by atoms with Crippen LogP contribution in [-0.2, 0) is 23.8 Å². The van der Waals surface area contributed by atoms with Crippen molar-refractivity contribution in [3.63, 3.8) is 0 Å². The smallest absolute Gasteiger partial charge is 0.262 e. The highest BCUT2D eigenvalue weighted by Crippen LogP contribution is 2.31. The van der Waals surface area contributed by atoms with Gasteiger partial charge >= 0.3 is 0 Å². The van der Waals surface area contributed by atoms with Gasteiger partial charge in [-0.3, -0.25) is 38.6 Å². The molecule has 2 aromatic carbocycles. The SMILES string of the molecule is CC[C@H](C)[C@@H](C(=O)N1CCOCCOCCN(C(=O)[C@@H]([C@@H](C)CC)N2C(=O)c3ccccc3C2=O)CCOCC1)N1C(=O)c2ccccc2C1=O. The fourth-order valence-corrected chi connectivity index (χ4v) is 6.75. The molecular weight excluding hydrogens is 656 g/mol. The first-order chi connectivity index (χ1) is 24.6. The van der Waals surface area contributed by atoms with Gasteiger partial charge in [-0.05, 0) is 36.1 Å². The van der Waals surface area contributed by atoms with Crippen molar-refractivity contribution in [1.82, 2.24) is 19.6 Å². The van der Waals surface area contributed by atoms with Crippen LogP contribution in [0, 0.1) is 11.8 Å². The van der Waals surface area contributed by atoms with Gasteiger partial charge in [-0.1, -0.05) is 64.8 Å². The Morgan fingerprint density at radius 3 is 1.08 bits per heavy atom. The van der Waals surface area contributed by atoms with Gasteiger partial charge in [-0.2, -0.15) is 0 Å². The summed E-state index contributed by atoms with van der Waals surface area (Å²) in [5.74, 6) is -3.32. The van der Waals surface area contributed by atoms with Crippen LogP contribution >= 0.6 is 0 Å². The highest BCUT2D eigenvalue weighted by atomic mass is 16.5. The third-order valence-corrected chi connectivity index (χ3v) is 10.1. The average molecular weight is 705 g/mol. The van der Waals surface area contributed by atoms with E-state index in [0.29, 0.717) is 12.8 Å². The number of benzene rings is 2. The third-order valence-electron chi connectivity index (χ3n) is 10.1. The maximum atomic E-state index is 14.2. The molecule has 0 bridgehead atoms. The molecule has 4 atom stereocenters. The summed E-state index contributed by atoms with van der Waals surface area (Å²) >= 11 is 0. The number of imide groups is 2. The molecule has 13 heteroatoms. The molecule has 3 aliphatic rings. The van der Waals surface area contributed by atoms with Crippen molar-refractivity contribution in [1.29, 1.82) is 0 Å². The maximum Gasteiger partial charge on any atom is 0.262 e. The molecule has 5 rings (SSSR count). The highest BCUT2D eigenvalue weighted by molar-refractivity contribution is 6.23. The van der Waals surface area contributed by atoms with E-state index in [1.165, 1.54) is 0 Å². The van der Waals surface area contributed by atoms with Crippen molar-refractivity contribution >= 4 is 35.4 Å². The summed E-state index contributed by atoms with van der Waals surface area (Å²) in [5.41, 5.74) is 1.13. The quantitative estimate of drug-likeness (QED) is 0.379. The molecule has 3 heterocycles. The van der Waals surface area contributed by atoms with Crippen LogP contribution in [0.2, 0.25) is 0 Å². The van der Waals surface area contributed by atoms with E-state index < -0.39 is 35.7 Å². The Kier molecular flexibility index (Phi) is 12.7. The molecular formula is C38H48N4O9. The van der Waals surface area contributed by atoms with Crippen LogP contribution in [0.25, 0.3) is 0 Å². The fourth-order valence-electron chi connectivity index (χ4n) is 6.75. The molecule has 0 spiro atoms. The van der Waals surface area contributed by atoms with Crippen LogP contribution < -0.4 is 0 Å². The zero-order valence-electron chi connectivity index (χ0n) is 29.9. The highest BCUT2D eigenvalue weighted by Gasteiger charge is 2.47. The van der Waals surface area contributed by atoms with Crippen LogP contribution in [0.4, 0.5) is 0 Å². The number of carbonyl (C=O) groups is 6. The van der Waals surface area contributed by atoms with Crippen LogP contribution in [-0.4, -0.2) is 133 Å². The Hall–Kier alpha value is -4.46. The van der Waals surface area contributed by atoms with E-state index in [4.69, 9.17) is 14.2 Å². The zero-order valence-corrected chi connectivity index (χ0v) is 29.9. The Balaban J connectivity index is 1.30. The topological polar surface area (TPSA) is 143 Å². The molecule has 6 amide bonds. The number of amides is 6. The minimum atomic E-state index is -1.01. The van der Waals surface area contributed by atoms with Crippen molar-refractivity contribution in [2.45, 2.75) is 52.6 Å². The minimum Gasteiger partial charge on any atom is -0.378 e. The van der Waals surface area contributed by atoms with Crippen molar-refractivity contribution in [3.8, 4) is 0 Å². The fraction of sp³-hybridized carbons (Fsp3) is 0.526. The summed E-state index contributed by atoms with van der Waals surface area (Å²) < 4.78 is 17.5. The Labute approximate surface area is 298 Å². The van der Waals surface area contributed by atoms with E-state index in [-0.39, 0.29) is 112 Å². The van der Waals surface area contributed by atoms with Gasteiger partial charge in [-0.15, -0.1) is 0 Å². The van der Waals surface area contributed by atoms with Gasteiger partial charge in [0.25, 0.3) is 23.6 Å². The predicted molar refractivity (Wildman–Crippen MR) is 186 cm³/mol. The molecule has 3 aliphatic heterocycles. The number of rotatable bonds is 8. The van der Waals surface area contributed by atoms with Crippen LogP contribution in [0.5, 0.6) is 0 Å². The molecule has 0 N–H and O–H groups in total. The number of fused-ring (bicyclic) bond motifs is 2. The first-order valence-corrected chi connectivity index (χ1v) is 17.9. The molecule has 2 aromatic rings. The number of hydrogen-bond acceptors (Lipinski definition) is 9. The van der Waals surface area contributed by atoms with E-state index >= 15 is 0 Å². The van der Waals surface area contributed by atoms with Crippen LogP contribution in [0.1, 0.15) is 82.0 Å². The van der Waals surface area contributed by atoms with Gasteiger partial charge in [0.05, 0.1) is 61.9 Å². The predicted octanol–water partition coefficient (Wildman–Crippen LogP) is 3.13. The normalized spacial score (nSPS) is 20.3. The number of nitrogens with zero attached hydrogens (tertiary/aromatic N) is 4. The number of hydrogen-bond donors (Lipinski definition) is 0. The van der Waals surface area contributed by atoms with Crippen molar-refractivity contribution in [2.75, 3.05) is 65.8 Å². The standard InChI is InChI=1S/C38H48N4O9/c1-5-25(3)31(41-33(43)27-11-7-8-12-28(27)34(41)44)37(47)39-15-19-49-20-16-40(18-22-51-24-23-50-21-17-39)38(48)32(26(4)6-2)42-35(45)29-13-9-10-14-30(29)36(42)46/h7-14,25-26,31-32H,5-6,15-24H2,1-4H3/t25-,26-,31-,32+/m0/s1. The first kappa shape index (κ1) is 37.8. The first-order valence-electron chi connectivity index (χ1n) is 17.9. The molecule has 0 aromatic heterocycles. The largest absolute Gasteiger partial charge is 0.378 e. The van der Waals surface area contributed by atoms with E-state index in [0.717, 1.165) is 9.80 Å². The second kappa shape index (κ2) is 17.2. The number of ether oxygens (including phenoxy) is 3. The van der Waals surface area contributed by atoms with Crippen molar-refractivity contribution in [2.24, 2.45) is 11.8 Å². The van der Waals surface area contributed by atoms with Crippen LogP contribution in [0.3, 0.4) is 0 Å². The monoisotopic (exact) mass is 704 g/mol. The summed E-state index contributed by atoms with van der Waals surface area (Å²) in [6.45, 7) is 9.38. The molecule has 1 fully saturated rings. The van der Waals surface area contributed by atoms with Crippen molar-refractivity contribution in [3.05, 3.63) is 70.8 Å². The summed E-state index contributed by atoms with van der Waals surface area (Å²) in [7, 11) is 0. The molecule has 0 saturated carbocycles. The molecule has 0 aliphatic carbocycles. The molecule has 51 heavy (non-hydrogen) atoms. The minimum absolute atomic E-state index is 0.118. The molecule has 0 unspecified atom stereocenters. The Bertz CT molecular complexity index is 1440. The molecule has 1 saturated heterocycles. The number of carbonyl (C=O) groups excluding carboxylic acids is 6. The van der Waals surface area contributed by atoms with Gasteiger partial charge in [0, 0.05) is 26.2 Å². The van der Waals surface area contributed by atoms with E-state index in [1.807, 2.05) is 27.7 Å². The lowest BCUT2D eigenvalue weighted by molar-refractivity contribution is -0.139. The third kappa shape index (κ3) is 7.90. The van der Waals surface area contributed by atoms with Gasteiger partial charge < -0.3 is 24.0 Å². The van der Waals surface area contributed by atoms with Crippen molar-refractivity contribution < 1.29 is 43.0 Å². The molecule has 0 radical (unpaired) electrons. The lowest BCUT2D eigenvalue weighted by Crippen LogP contribution is -2.55. The Morgan fingerprint density at radius 2 is 0.804 bits per heavy atom. The van der Waals surface area contributed by atoms with Gasteiger partial charge in [-0.25, -0.2) is 0 Å². The lowest BCUT2D eigenvalue weighted by atomic mass is 9.96. The summed E-state index contributed by atoms with van der Waals surface area (Å²) in [5, 5.41) is 0. The molecule has 274 valence electrons. The Morgan fingerprint density at radius 1 is 0.529 bits per heavy atom. The second-order valence-electron chi connectivity index (χ2n) is 13.2. The van der Waals surface area contributed by atoms with Gasteiger partial charge in [0.15, 0.2) is 0 Å². The van der Waals surface area contributed by atoms with Gasteiger partial charge in [0.1, 0.15) is 12.1 Å².